The molecule has 0 unspecified atom stereocenters. The molecule has 4 saturated heterocycles. The third-order valence-electron chi connectivity index (χ3n) is 13.1. The minimum absolute atomic E-state index is 0.0485. The molecule has 3 aromatic carbocycles. The van der Waals surface area contributed by atoms with Gasteiger partial charge in [0, 0.05) is 88.6 Å². The van der Waals surface area contributed by atoms with Gasteiger partial charge < -0.3 is 30.5 Å². The molecule has 1 atom stereocenters. The summed E-state index contributed by atoms with van der Waals surface area (Å²) in [6.07, 6.45) is 5.14. The number of nitrogens with one attached hydrogen (secondary N) is 2. The molecule has 6 heterocycles. The van der Waals surface area contributed by atoms with Crippen LogP contribution in [0.4, 0.5) is 16.3 Å². The number of nitrogens with two attached hydrogens (primary N) is 1. The molecule has 4 fully saturated rings. The van der Waals surface area contributed by atoms with Crippen molar-refractivity contribution in [1.82, 2.24) is 29.8 Å². The molecule has 0 bridgehead atoms. The summed E-state index contributed by atoms with van der Waals surface area (Å²) >= 11 is 0. The van der Waals surface area contributed by atoms with Gasteiger partial charge in [0.15, 0.2) is 0 Å². The van der Waals surface area contributed by atoms with Crippen LogP contribution in [-0.2, 0) is 9.59 Å². The number of primary amides is 1. The number of piperidine rings is 2. The molecule has 0 saturated carbocycles. The van der Waals surface area contributed by atoms with Crippen molar-refractivity contribution in [1.29, 1.82) is 0 Å². The molecule has 0 radical (unpaired) electrons. The van der Waals surface area contributed by atoms with E-state index in [9.17, 15) is 24.0 Å². The molecular weight excluding hydrogens is 763 g/mol. The fourth-order valence-corrected chi connectivity index (χ4v) is 9.79. The molecule has 0 aliphatic carbocycles. The van der Waals surface area contributed by atoms with E-state index in [4.69, 9.17) is 15.6 Å². The Balaban J connectivity index is 0.739. The number of hydrogen-bond acceptors (Lipinski definition) is 9. The van der Waals surface area contributed by atoms with Gasteiger partial charge in [-0.3, -0.25) is 29.4 Å². The highest BCUT2D eigenvalue weighted by Crippen LogP contribution is 2.42. The molecule has 9 rings (SSSR count). The zero-order chi connectivity index (χ0) is 41.4. The second-order valence-corrected chi connectivity index (χ2v) is 16.9. The maximum Gasteiger partial charge on any atom is 0.328 e. The Bertz CT molecular complexity index is 2270. The summed E-state index contributed by atoms with van der Waals surface area (Å²) < 4.78 is 7.93. The SMILES string of the molecule is NC(=O)c1c(-c2ccc(Oc3ccccc3)cc2)nn2c1NCC[C@H]2C1CCN(C(=O)CCN2CC3(CCN(C(=O)c4cccc(N5CCC(=O)NC5=O)c4)CC3)C2)CC1. The Morgan fingerprint density at radius 3 is 2.28 bits per heavy atom. The van der Waals surface area contributed by atoms with Crippen LogP contribution in [0.5, 0.6) is 11.5 Å². The van der Waals surface area contributed by atoms with Crippen molar-refractivity contribution in [2.24, 2.45) is 17.1 Å². The molecule has 15 heteroatoms. The average molecular weight is 814 g/mol. The van der Waals surface area contributed by atoms with Crippen LogP contribution in [0, 0.1) is 11.3 Å². The van der Waals surface area contributed by atoms with Crippen molar-refractivity contribution in [2.75, 3.05) is 69.1 Å². The lowest BCUT2D eigenvalue weighted by Crippen LogP contribution is -2.61. The third kappa shape index (κ3) is 7.93. The number of ether oxygens (including phenoxy) is 1. The van der Waals surface area contributed by atoms with Crippen molar-refractivity contribution in [2.45, 2.75) is 51.0 Å². The van der Waals surface area contributed by atoms with Crippen LogP contribution < -0.4 is 26.0 Å². The number of carbonyl (C=O) groups is 5. The van der Waals surface area contributed by atoms with Gasteiger partial charge in [-0.2, -0.15) is 5.10 Å². The number of benzene rings is 3. The number of carbonyl (C=O) groups excluding carboxylic acids is 5. The molecule has 312 valence electrons. The Morgan fingerprint density at radius 1 is 0.833 bits per heavy atom. The lowest BCUT2D eigenvalue weighted by molar-refractivity contribution is -0.134. The lowest BCUT2D eigenvalue weighted by Gasteiger charge is -2.54. The second-order valence-electron chi connectivity index (χ2n) is 16.9. The quantitative estimate of drug-likeness (QED) is 0.197. The van der Waals surface area contributed by atoms with Crippen molar-refractivity contribution in [3.8, 4) is 22.8 Å². The predicted octanol–water partition coefficient (Wildman–Crippen LogP) is 5.11. The standard InChI is InChI=1S/C45H51N9O6/c46-41(57)39-40(31-9-11-35(12-10-31)60-34-7-2-1-3-8-34)49-54-36(13-20-47-42(39)54)30-14-22-51(23-15-30)38(56)17-21-50-28-45(29-50)18-25-52(26-19-45)43(58)32-5-4-6-33(27-32)53-24-16-37(55)48-44(53)59/h1-12,27,30,36,47H,13-26,28-29H2,(H2,46,57)(H,48,55,59)/t36-/m0/s1. The summed E-state index contributed by atoms with van der Waals surface area (Å²) in [4.78, 5) is 71.4. The molecular formula is C45H51N9O6. The van der Waals surface area contributed by atoms with E-state index >= 15 is 0 Å². The first-order valence-electron chi connectivity index (χ1n) is 21.1. The van der Waals surface area contributed by atoms with Gasteiger partial charge in [0.1, 0.15) is 28.6 Å². The van der Waals surface area contributed by atoms with E-state index in [2.05, 4.69) is 15.5 Å². The Labute approximate surface area is 348 Å². The zero-order valence-corrected chi connectivity index (χ0v) is 33.7. The Kier molecular flexibility index (Phi) is 10.8. The minimum atomic E-state index is -0.525. The van der Waals surface area contributed by atoms with E-state index in [1.165, 1.54) is 4.90 Å². The number of amides is 6. The van der Waals surface area contributed by atoms with E-state index in [-0.39, 0.29) is 42.1 Å². The van der Waals surface area contributed by atoms with Crippen molar-refractivity contribution < 1.29 is 28.7 Å². The van der Waals surface area contributed by atoms with Crippen LogP contribution in [-0.4, -0.2) is 113 Å². The lowest BCUT2D eigenvalue weighted by atomic mass is 9.72. The first-order valence-corrected chi connectivity index (χ1v) is 21.1. The molecule has 1 aromatic heterocycles. The third-order valence-corrected chi connectivity index (χ3v) is 13.1. The van der Waals surface area contributed by atoms with E-state index in [1.54, 1.807) is 24.3 Å². The summed E-state index contributed by atoms with van der Waals surface area (Å²) in [5, 5.41) is 10.7. The van der Waals surface area contributed by atoms with Gasteiger partial charge in [0.25, 0.3) is 11.8 Å². The number of rotatable bonds is 10. The fraction of sp³-hybridized carbons (Fsp3) is 0.422. The maximum absolute atomic E-state index is 13.5. The monoisotopic (exact) mass is 813 g/mol. The van der Waals surface area contributed by atoms with Crippen molar-refractivity contribution in [3.05, 3.63) is 90.0 Å². The van der Waals surface area contributed by atoms with Gasteiger partial charge in [-0.15, -0.1) is 0 Å². The van der Waals surface area contributed by atoms with E-state index < -0.39 is 11.9 Å². The summed E-state index contributed by atoms with van der Waals surface area (Å²) in [5.74, 6) is 1.72. The molecule has 5 aliphatic rings. The second kappa shape index (κ2) is 16.4. The molecule has 5 aliphatic heterocycles. The smallest absolute Gasteiger partial charge is 0.328 e. The highest BCUT2D eigenvalue weighted by molar-refractivity contribution is 6.06. The number of para-hydroxylation sites is 1. The van der Waals surface area contributed by atoms with Gasteiger partial charge in [0.2, 0.25) is 11.8 Å². The molecule has 1 spiro atoms. The minimum Gasteiger partial charge on any atom is -0.457 e. The van der Waals surface area contributed by atoms with Crippen molar-refractivity contribution >= 4 is 41.2 Å². The van der Waals surface area contributed by atoms with Crippen molar-refractivity contribution in [3.63, 3.8) is 0 Å². The largest absolute Gasteiger partial charge is 0.457 e. The van der Waals surface area contributed by atoms with E-state index in [1.807, 2.05) is 69.1 Å². The van der Waals surface area contributed by atoms with E-state index in [0.717, 1.165) is 63.1 Å². The first kappa shape index (κ1) is 39.3. The van der Waals surface area contributed by atoms with Crippen LogP contribution in [0.15, 0.2) is 78.9 Å². The summed E-state index contributed by atoms with van der Waals surface area (Å²) in [5.41, 5.74) is 9.00. The summed E-state index contributed by atoms with van der Waals surface area (Å²) in [7, 11) is 0. The molecule has 15 nitrogen and oxygen atoms in total. The predicted molar refractivity (Wildman–Crippen MR) is 225 cm³/mol. The number of hydrogen-bond donors (Lipinski definition) is 3. The zero-order valence-electron chi connectivity index (χ0n) is 33.7. The molecule has 4 N–H and O–H groups in total. The summed E-state index contributed by atoms with van der Waals surface area (Å²) in [6, 6.07) is 23.8. The number of urea groups is 1. The number of aromatic nitrogens is 2. The van der Waals surface area contributed by atoms with Crippen LogP contribution in [0.25, 0.3) is 11.3 Å². The van der Waals surface area contributed by atoms with Gasteiger partial charge >= 0.3 is 6.03 Å². The van der Waals surface area contributed by atoms with Gasteiger partial charge in [-0.05, 0) is 98.0 Å². The number of anilines is 2. The Hall–Kier alpha value is -6.22. The highest BCUT2D eigenvalue weighted by Gasteiger charge is 2.45. The highest BCUT2D eigenvalue weighted by atomic mass is 16.5. The fourth-order valence-electron chi connectivity index (χ4n) is 9.79. The normalized spacial score (nSPS) is 20.5. The van der Waals surface area contributed by atoms with Gasteiger partial charge in [-0.1, -0.05) is 24.3 Å². The molecule has 4 aromatic rings. The number of nitrogens with zero attached hydrogens (tertiary/aromatic N) is 6. The van der Waals surface area contributed by atoms with Crippen LogP contribution in [0.1, 0.15) is 71.7 Å². The molecule has 60 heavy (non-hydrogen) atoms. The van der Waals surface area contributed by atoms with E-state index in [0.29, 0.717) is 79.1 Å². The topological polar surface area (TPSA) is 175 Å². The van der Waals surface area contributed by atoms with Gasteiger partial charge in [0.05, 0.1) is 6.04 Å². The first-order chi connectivity index (χ1) is 29.1. The molecule has 6 amide bonds. The maximum atomic E-state index is 13.5. The average Bonchev–Trinajstić information content (AvgIpc) is 3.66. The van der Waals surface area contributed by atoms with Crippen LogP contribution >= 0.6 is 0 Å². The number of fused-ring (bicyclic) bond motifs is 1. The Morgan fingerprint density at radius 2 is 1.57 bits per heavy atom. The van der Waals surface area contributed by atoms with Gasteiger partial charge in [-0.25, -0.2) is 9.48 Å². The number of likely N-dealkylation sites (tertiary alicyclic amines) is 3. The van der Waals surface area contributed by atoms with Crippen LogP contribution in [0.3, 0.4) is 0 Å². The van der Waals surface area contributed by atoms with Crippen LogP contribution in [0.2, 0.25) is 0 Å². The summed E-state index contributed by atoms with van der Waals surface area (Å²) in [6.45, 7) is 6.34. The number of imide groups is 1.